The summed E-state index contributed by atoms with van der Waals surface area (Å²) >= 11 is 0. The first-order valence-corrected chi connectivity index (χ1v) is 10.3. The number of nitrogens with zero attached hydrogens (tertiary/aromatic N) is 1. The maximum absolute atomic E-state index is 12.7. The lowest BCUT2D eigenvalue weighted by atomic mass is 10.0. The van der Waals surface area contributed by atoms with Gasteiger partial charge in [0.2, 0.25) is 5.91 Å². The zero-order chi connectivity index (χ0) is 22.5. The Hall–Kier alpha value is -4.13. The number of carbonyl (C=O) groups excluding carboxylic acids is 3. The summed E-state index contributed by atoms with van der Waals surface area (Å²) in [5, 5.41) is 2.80. The van der Waals surface area contributed by atoms with Crippen LogP contribution in [0.15, 0.2) is 78.9 Å². The van der Waals surface area contributed by atoms with Crippen molar-refractivity contribution in [1.29, 1.82) is 0 Å². The number of carbonyl (C=O) groups is 3. The molecule has 162 valence electrons. The second kappa shape index (κ2) is 9.34. The van der Waals surface area contributed by atoms with E-state index >= 15 is 0 Å². The fourth-order valence-electron chi connectivity index (χ4n) is 3.67. The number of cyclic esters (lactones) is 1. The van der Waals surface area contributed by atoms with E-state index in [9.17, 15) is 14.4 Å². The monoisotopic (exact) mass is 429 g/mol. The Morgan fingerprint density at radius 2 is 1.66 bits per heavy atom. The number of hydrogen-bond donors (Lipinski definition) is 2. The molecule has 0 aromatic heterocycles. The summed E-state index contributed by atoms with van der Waals surface area (Å²) in [6.07, 6.45) is 0.351. The zero-order valence-electron chi connectivity index (χ0n) is 17.4. The molecule has 0 spiro atoms. The molecule has 7 nitrogen and oxygen atoms in total. The molecule has 0 aliphatic carbocycles. The van der Waals surface area contributed by atoms with Gasteiger partial charge in [-0.1, -0.05) is 42.5 Å². The third kappa shape index (κ3) is 4.95. The van der Waals surface area contributed by atoms with Crippen LogP contribution < -0.4 is 11.1 Å². The number of nitrogens with one attached hydrogen (secondary N) is 1. The van der Waals surface area contributed by atoms with Gasteiger partial charge in [-0.25, -0.2) is 4.79 Å². The normalized spacial score (nSPS) is 15.3. The average molecular weight is 429 g/mol. The molecule has 3 N–H and O–H groups in total. The van der Waals surface area contributed by atoms with Crippen molar-refractivity contribution in [3.05, 3.63) is 101 Å². The lowest BCUT2D eigenvalue weighted by Gasteiger charge is -2.22. The van der Waals surface area contributed by atoms with Crippen molar-refractivity contribution in [2.24, 2.45) is 5.73 Å². The number of hydrogen-bond acceptors (Lipinski definition) is 4. The predicted octanol–water partition coefficient (Wildman–Crippen LogP) is 3.60. The minimum atomic E-state index is -0.526. The van der Waals surface area contributed by atoms with Gasteiger partial charge in [0.05, 0.1) is 6.04 Å². The maximum Gasteiger partial charge on any atom is 0.410 e. The van der Waals surface area contributed by atoms with Crippen LogP contribution in [0.4, 0.5) is 10.5 Å². The van der Waals surface area contributed by atoms with Crippen LogP contribution in [0.3, 0.4) is 0 Å². The number of amides is 3. The van der Waals surface area contributed by atoms with Crippen molar-refractivity contribution >= 4 is 23.6 Å². The standard InChI is InChI=1S/C25H23N3O4/c26-23(29)19-9-11-21(12-10-19)27-24(30)20-8-4-7-18(13-20)15-28-22(16-32-25(28)31)14-17-5-2-1-3-6-17/h1-13,22H,14-16H2,(H2,26,29)(H,27,30)/t22-/m1/s1. The highest BCUT2D eigenvalue weighted by molar-refractivity contribution is 6.04. The van der Waals surface area contributed by atoms with E-state index in [4.69, 9.17) is 10.5 Å². The third-order valence-electron chi connectivity index (χ3n) is 5.36. The summed E-state index contributed by atoms with van der Waals surface area (Å²) in [4.78, 5) is 37.9. The quantitative estimate of drug-likeness (QED) is 0.599. The average Bonchev–Trinajstić information content (AvgIpc) is 3.14. The number of nitrogens with two attached hydrogens (primary N) is 1. The molecule has 1 aliphatic rings. The van der Waals surface area contributed by atoms with Crippen molar-refractivity contribution < 1.29 is 19.1 Å². The summed E-state index contributed by atoms with van der Waals surface area (Å²) in [6, 6.07) is 23.4. The molecule has 32 heavy (non-hydrogen) atoms. The maximum atomic E-state index is 12.7. The summed E-state index contributed by atoms with van der Waals surface area (Å²) in [5.74, 6) is -0.815. The van der Waals surface area contributed by atoms with Crippen LogP contribution in [0.2, 0.25) is 0 Å². The van der Waals surface area contributed by atoms with Crippen LogP contribution in [-0.4, -0.2) is 35.5 Å². The molecule has 0 bridgehead atoms. The Morgan fingerprint density at radius 1 is 0.938 bits per heavy atom. The number of benzene rings is 3. The fourth-order valence-corrected chi connectivity index (χ4v) is 3.67. The van der Waals surface area contributed by atoms with Gasteiger partial charge >= 0.3 is 6.09 Å². The SMILES string of the molecule is NC(=O)c1ccc(NC(=O)c2cccc(CN3C(=O)OC[C@H]3Cc3ccccc3)c2)cc1. The van der Waals surface area contributed by atoms with Crippen molar-refractivity contribution in [2.45, 2.75) is 19.0 Å². The minimum Gasteiger partial charge on any atom is -0.447 e. The Labute approximate surface area is 185 Å². The molecular weight excluding hydrogens is 406 g/mol. The van der Waals surface area contributed by atoms with Gasteiger partial charge in [-0.2, -0.15) is 0 Å². The van der Waals surface area contributed by atoms with E-state index in [0.717, 1.165) is 11.1 Å². The van der Waals surface area contributed by atoms with Gasteiger partial charge in [-0.05, 0) is 53.9 Å². The van der Waals surface area contributed by atoms with E-state index in [-0.39, 0.29) is 18.0 Å². The molecule has 0 saturated carbocycles. The number of rotatable bonds is 7. The highest BCUT2D eigenvalue weighted by Gasteiger charge is 2.32. The van der Waals surface area contributed by atoms with E-state index in [1.54, 1.807) is 47.4 Å². The van der Waals surface area contributed by atoms with Crippen LogP contribution in [0.5, 0.6) is 0 Å². The van der Waals surface area contributed by atoms with E-state index in [0.29, 0.717) is 36.4 Å². The summed E-state index contributed by atoms with van der Waals surface area (Å²) in [5.41, 5.74) is 8.59. The molecule has 1 heterocycles. The van der Waals surface area contributed by atoms with Gasteiger partial charge in [0.1, 0.15) is 6.61 Å². The summed E-state index contributed by atoms with van der Waals surface area (Å²) < 4.78 is 5.28. The minimum absolute atomic E-state index is 0.0637. The molecule has 0 radical (unpaired) electrons. The summed E-state index contributed by atoms with van der Waals surface area (Å²) in [7, 11) is 0. The van der Waals surface area contributed by atoms with Crippen LogP contribution in [0.1, 0.15) is 31.8 Å². The first-order chi connectivity index (χ1) is 15.5. The molecule has 7 heteroatoms. The van der Waals surface area contributed by atoms with Crippen molar-refractivity contribution in [2.75, 3.05) is 11.9 Å². The number of anilines is 1. The molecule has 1 aliphatic heterocycles. The molecule has 1 saturated heterocycles. The molecule has 3 aromatic carbocycles. The van der Waals surface area contributed by atoms with Gasteiger partial charge in [0.25, 0.3) is 5.91 Å². The Morgan fingerprint density at radius 3 is 2.38 bits per heavy atom. The first-order valence-electron chi connectivity index (χ1n) is 10.3. The lowest BCUT2D eigenvalue weighted by Crippen LogP contribution is -2.34. The molecular formula is C25H23N3O4. The molecule has 0 unspecified atom stereocenters. The van der Waals surface area contributed by atoms with Crippen LogP contribution in [-0.2, 0) is 17.7 Å². The molecule has 1 atom stereocenters. The van der Waals surface area contributed by atoms with Crippen LogP contribution >= 0.6 is 0 Å². The Kier molecular flexibility index (Phi) is 6.17. The molecule has 4 rings (SSSR count). The Bertz CT molecular complexity index is 1130. The fraction of sp³-hybridized carbons (Fsp3) is 0.160. The second-order valence-corrected chi connectivity index (χ2v) is 7.64. The largest absolute Gasteiger partial charge is 0.447 e. The van der Waals surface area contributed by atoms with Crippen LogP contribution in [0.25, 0.3) is 0 Å². The van der Waals surface area contributed by atoms with Crippen molar-refractivity contribution in [1.82, 2.24) is 4.90 Å². The van der Waals surface area contributed by atoms with E-state index < -0.39 is 5.91 Å². The molecule has 1 fully saturated rings. The van der Waals surface area contributed by atoms with Crippen molar-refractivity contribution in [3.63, 3.8) is 0 Å². The Balaban J connectivity index is 1.44. The van der Waals surface area contributed by atoms with E-state index in [2.05, 4.69) is 5.32 Å². The molecule has 3 amide bonds. The number of ether oxygens (including phenoxy) is 1. The van der Waals surface area contributed by atoms with Crippen molar-refractivity contribution in [3.8, 4) is 0 Å². The highest BCUT2D eigenvalue weighted by Crippen LogP contribution is 2.21. The third-order valence-corrected chi connectivity index (χ3v) is 5.36. The van der Waals surface area contributed by atoms with E-state index in [1.807, 2.05) is 36.4 Å². The topological polar surface area (TPSA) is 102 Å². The first kappa shape index (κ1) is 21.1. The predicted molar refractivity (Wildman–Crippen MR) is 120 cm³/mol. The van der Waals surface area contributed by atoms with Crippen LogP contribution in [0, 0.1) is 0 Å². The zero-order valence-corrected chi connectivity index (χ0v) is 17.4. The highest BCUT2D eigenvalue weighted by atomic mass is 16.6. The second-order valence-electron chi connectivity index (χ2n) is 7.64. The lowest BCUT2D eigenvalue weighted by molar-refractivity contribution is 0.0998. The van der Waals surface area contributed by atoms with E-state index in [1.165, 1.54) is 0 Å². The van der Waals surface area contributed by atoms with Gasteiger partial charge < -0.3 is 15.8 Å². The number of primary amides is 1. The molecule has 3 aromatic rings. The summed E-state index contributed by atoms with van der Waals surface area (Å²) in [6.45, 7) is 0.694. The van der Waals surface area contributed by atoms with Gasteiger partial charge in [-0.15, -0.1) is 0 Å². The smallest absolute Gasteiger partial charge is 0.410 e. The van der Waals surface area contributed by atoms with Gasteiger partial charge in [0.15, 0.2) is 0 Å². The van der Waals surface area contributed by atoms with Gasteiger partial charge in [-0.3, -0.25) is 14.5 Å². The van der Waals surface area contributed by atoms with Gasteiger partial charge in [0, 0.05) is 23.4 Å².